The van der Waals surface area contributed by atoms with Gasteiger partial charge in [0.2, 0.25) is 6.23 Å². The fourth-order valence-electron chi connectivity index (χ4n) is 4.00. The number of phenolic OH excluding ortho intramolecular Hbond substituents is 1. The molecule has 0 saturated heterocycles. The molecule has 2 aliphatic heterocycles. The zero-order valence-electron chi connectivity index (χ0n) is 16.3. The molecule has 0 amide bonds. The van der Waals surface area contributed by atoms with E-state index in [0.29, 0.717) is 29.4 Å². The smallest absolute Gasteiger partial charge is 0.215 e. The molecule has 0 spiro atoms. The van der Waals surface area contributed by atoms with Crippen LogP contribution in [-0.4, -0.2) is 27.4 Å². The van der Waals surface area contributed by atoms with Gasteiger partial charge in [0, 0.05) is 40.5 Å². The highest BCUT2D eigenvalue weighted by atomic mass is 35.5. The van der Waals surface area contributed by atoms with Crippen LogP contribution in [0.3, 0.4) is 0 Å². The van der Waals surface area contributed by atoms with Crippen LogP contribution in [0.1, 0.15) is 42.3 Å². The lowest BCUT2D eigenvalue weighted by Crippen LogP contribution is -2.34. The number of aromatic nitrogens is 1. The number of aromatic hydroxyl groups is 1. The number of ether oxygens (including phenoxy) is 2. The second-order valence-electron chi connectivity index (χ2n) is 7.17. The first kappa shape index (κ1) is 18.8. The number of pyridine rings is 1. The van der Waals surface area contributed by atoms with Crippen molar-refractivity contribution in [2.24, 2.45) is 5.10 Å². The van der Waals surface area contributed by atoms with Gasteiger partial charge in [0.15, 0.2) is 11.5 Å². The van der Waals surface area contributed by atoms with Crippen LogP contribution in [0.25, 0.3) is 0 Å². The molecule has 6 nitrogen and oxygen atoms in total. The van der Waals surface area contributed by atoms with Gasteiger partial charge in [-0.25, -0.2) is 5.01 Å². The van der Waals surface area contributed by atoms with Gasteiger partial charge >= 0.3 is 0 Å². The van der Waals surface area contributed by atoms with Crippen molar-refractivity contribution in [2.45, 2.75) is 25.6 Å². The molecule has 0 radical (unpaired) electrons. The molecule has 152 valence electrons. The molecule has 2 atom stereocenters. The van der Waals surface area contributed by atoms with E-state index in [9.17, 15) is 5.11 Å². The van der Waals surface area contributed by atoms with Gasteiger partial charge in [-0.1, -0.05) is 29.8 Å². The Kier molecular flexibility index (Phi) is 4.71. The lowest BCUT2D eigenvalue weighted by Gasteiger charge is -2.38. The van der Waals surface area contributed by atoms with Gasteiger partial charge in [0.1, 0.15) is 5.75 Å². The third kappa shape index (κ3) is 3.13. The SMILES string of the molecule is CCOc1cccc2c1O[C@H](c1cccnc1)N1N=C(c3cc(Cl)ccc3O)C[C@@H]21. The molecule has 2 aliphatic rings. The van der Waals surface area contributed by atoms with E-state index < -0.39 is 6.23 Å². The van der Waals surface area contributed by atoms with Gasteiger partial charge in [-0.3, -0.25) is 4.98 Å². The number of benzene rings is 2. The third-order valence-electron chi connectivity index (χ3n) is 5.32. The first-order chi connectivity index (χ1) is 14.7. The number of halogens is 1. The summed E-state index contributed by atoms with van der Waals surface area (Å²) in [7, 11) is 0. The van der Waals surface area contributed by atoms with Crippen LogP contribution < -0.4 is 9.47 Å². The Morgan fingerprint density at radius 3 is 2.93 bits per heavy atom. The Balaban J connectivity index is 1.63. The molecule has 0 aliphatic carbocycles. The van der Waals surface area contributed by atoms with Gasteiger partial charge in [-0.15, -0.1) is 0 Å². The van der Waals surface area contributed by atoms with E-state index in [-0.39, 0.29) is 11.8 Å². The lowest BCUT2D eigenvalue weighted by molar-refractivity contribution is -0.0214. The predicted molar refractivity (Wildman–Crippen MR) is 114 cm³/mol. The van der Waals surface area contributed by atoms with Crippen LogP contribution in [-0.2, 0) is 0 Å². The highest BCUT2D eigenvalue weighted by Gasteiger charge is 2.42. The van der Waals surface area contributed by atoms with Crippen molar-refractivity contribution in [3.63, 3.8) is 0 Å². The minimum Gasteiger partial charge on any atom is -0.507 e. The molecular weight excluding hydrogens is 402 g/mol. The van der Waals surface area contributed by atoms with Crippen molar-refractivity contribution in [1.82, 2.24) is 9.99 Å². The maximum absolute atomic E-state index is 10.4. The second kappa shape index (κ2) is 7.54. The van der Waals surface area contributed by atoms with Crippen molar-refractivity contribution >= 4 is 17.3 Å². The van der Waals surface area contributed by atoms with Crippen LogP contribution >= 0.6 is 11.6 Å². The molecule has 7 heteroatoms. The molecular formula is C23H20ClN3O3. The quantitative estimate of drug-likeness (QED) is 0.636. The van der Waals surface area contributed by atoms with Gasteiger partial charge in [0.25, 0.3) is 0 Å². The van der Waals surface area contributed by atoms with Gasteiger partial charge < -0.3 is 14.6 Å². The number of fused-ring (bicyclic) bond motifs is 3. The summed E-state index contributed by atoms with van der Waals surface area (Å²) in [5.41, 5.74) is 3.28. The second-order valence-corrected chi connectivity index (χ2v) is 7.61. The summed E-state index contributed by atoms with van der Waals surface area (Å²) in [6.45, 7) is 2.50. The van der Waals surface area contributed by atoms with Crippen molar-refractivity contribution in [3.8, 4) is 17.2 Å². The summed E-state index contributed by atoms with van der Waals surface area (Å²) in [6, 6.07) is 14.7. The van der Waals surface area contributed by atoms with E-state index in [4.69, 9.17) is 26.2 Å². The highest BCUT2D eigenvalue weighted by molar-refractivity contribution is 6.31. The summed E-state index contributed by atoms with van der Waals surface area (Å²) < 4.78 is 12.2. The van der Waals surface area contributed by atoms with E-state index in [1.54, 1.807) is 30.6 Å². The fraction of sp³-hybridized carbons (Fsp3) is 0.217. The summed E-state index contributed by atoms with van der Waals surface area (Å²) >= 11 is 6.18. The number of nitrogens with zero attached hydrogens (tertiary/aromatic N) is 3. The van der Waals surface area contributed by atoms with Crippen LogP contribution in [0.15, 0.2) is 66.0 Å². The number of phenols is 1. The van der Waals surface area contributed by atoms with E-state index in [1.165, 1.54) is 0 Å². The van der Waals surface area contributed by atoms with Crippen molar-refractivity contribution < 1.29 is 14.6 Å². The summed E-state index contributed by atoms with van der Waals surface area (Å²) in [4.78, 5) is 4.25. The Labute approximate surface area is 179 Å². The first-order valence-corrected chi connectivity index (χ1v) is 10.2. The Morgan fingerprint density at radius 1 is 1.23 bits per heavy atom. The fourth-order valence-corrected chi connectivity index (χ4v) is 4.17. The minimum absolute atomic E-state index is 0.0623. The molecule has 0 saturated carbocycles. The number of hydrogen-bond donors (Lipinski definition) is 1. The lowest BCUT2D eigenvalue weighted by atomic mass is 9.95. The highest BCUT2D eigenvalue weighted by Crippen LogP contribution is 2.51. The zero-order valence-corrected chi connectivity index (χ0v) is 17.1. The molecule has 1 N–H and O–H groups in total. The van der Waals surface area contributed by atoms with Crippen LogP contribution in [0.2, 0.25) is 5.02 Å². The zero-order chi connectivity index (χ0) is 20.7. The predicted octanol–water partition coefficient (Wildman–Crippen LogP) is 5.08. The van der Waals surface area contributed by atoms with E-state index in [2.05, 4.69) is 4.98 Å². The number of hydrazone groups is 1. The Bertz CT molecular complexity index is 1120. The van der Waals surface area contributed by atoms with Crippen LogP contribution in [0, 0.1) is 0 Å². The molecule has 3 aromatic rings. The molecule has 0 fully saturated rings. The van der Waals surface area contributed by atoms with Gasteiger partial charge in [0.05, 0.1) is 18.4 Å². The number of para-hydroxylation sites is 1. The van der Waals surface area contributed by atoms with E-state index in [0.717, 1.165) is 22.6 Å². The summed E-state index contributed by atoms with van der Waals surface area (Å²) in [6.07, 6.45) is 3.65. The standard InChI is InChI=1S/C23H20ClN3O3/c1-2-29-21-7-3-6-16-19-12-18(17-11-15(24)8-9-20(17)28)26-27(19)23(30-22(16)21)14-5-4-10-25-13-14/h3-11,13,19,23,28H,2,12H2,1H3/t19-,23+/m0/s1. The molecule has 30 heavy (non-hydrogen) atoms. The molecule has 0 unspecified atom stereocenters. The maximum atomic E-state index is 10.4. The molecule has 2 aromatic carbocycles. The number of hydrogen-bond acceptors (Lipinski definition) is 6. The Hall–Kier alpha value is -3.25. The summed E-state index contributed by atoms with van der Waals surface area (Å²) in [5, 5.41) is 17.7. The van der Waals surface area contributed by atoms with Crippen molar-refractivity contribution in [1.29, 1.82) is 0 Å². The number of rotatable bonds is 4. The average Bonchev–Trinajstić information content (AvgIpc) is 3.21. The van der Waals surface area contributed by atoms with Gasteiger partial charge in [-0.2, -0.15) is 5.10 Å². The Morgan fingerprint density at radius 2 is 2.13 bits per heavy atom. The van der Waals surface area contributed by atoms with Gasteiger partial charge in [-0.05, 0) is 37.3 Å². The van der Waals surface area contributed by atoms with Crippen LogP contribution in [0.4, 0.5) is 0 Å². The van der Waals surface area contributed by atoms with E-state index >= 15 is 0 Å². The molecule has 5 rings (SSSR count). The van der Waals surface area contributed by atoms with Crippen molar-refractivity contribution in [2.75, 3.05) is 6.61 Å². The first-order valence-electron chi connectivity index (χ1n) is 9.82. The van der Waals surface area contributed by atoms with Crippen molar-refractivity contribution in [3.05, 3.63) is 82.6 Å². The monoisotopic (exact) mass is 421 g/mol. The molecule has 1 aromatic heterocycles. The van der Waals surface area contributed by atoms with E-state index in [1.807, 2.05) is 42.3 Å². The minimum atomic E-state index is -0.461. The topological polar surface area (TPSA) is 67.2 Å². The average molecular weight is 422 g/mol. The summed E-state index contributed by atoms with van der Waals surface area (Å²) in [5.74, 6) is 1.59. The van der Waals surface area contributed by atoms with Crippen LogP contribution in [0.5, 0.6) is 17.2 Å². The molecule has 3 heterocycles. The molecule has 0 bridgehead atoms. The third-order valence-corrected chi connectivity index (χ3v) is 5.55. The normalized spacial score (nSPS) is 19.5. The maximum Gasteiger partial charge on any atom is 0.215 e. The largest absolute Gasteiger partial charge is 0.507 e.